The zero-order valence-corrected chi connectivity index (χ0v) is 15.2. The van der Waals surface area contributed by atoms with E-state index in [0.717, 1.165) is 4.47 Å². The van der Waals surface area contributed by atoms with Gasteiger partial charge in [0.05, 0.1) is 0 Å². The fraction of sp³-hybridized carbons (Fsp3) is 0.353. The summed E-state index contributed by atoms with van der Waals surface area (Å²) in [5, 5.41) is 29.0. The maximum atomic E-state index is 12.0. The van der Waals surface area contributed by atoms with E-state index in [9.17, 15) is 24.6 Å². The molecule has 0 saturated carbocycles. The van der Waals surface area contributed by atoms with Crippen molar-refractivity contribution in [2.75, 3.05) is 6.54 Å². The number of aromatic nitrogens is 1. The molecule has 2 aromatic rings. The molecule has 3 rings (SSSR count). The Balaban J connectivity index is 2.17. The molecule has 0 bridgehead atoms. The van der Waals surface area contributed by atoms with Gasteiger partial charge in [-0.05, 0) is 31.0 Å². The van der Waals surface area contributed by atoms with E-state index in [1.807, 2.05) is 0 Å². The lowest BCUT2D eigenvalue weighted by Gasteiger charge is -2.27. The third-order valence-electron chi connectivity index (χ3n) is 4.62. The van der Waals surface area contributed by atoms with Crippen molar-refractivity contribution < 1.29 is 29.7 Å². The second-order valence-electron chi connectivity index (χ2n) is 6.24. The number of carbonyl (C=O) groups is 3. The highest BCUT2D eigenvalue weighted by molar-refractivity contribution is 9.10. The van der Waals surface area contributed by atoms with Gasteiger partial charge in [0, 0.05) is 33.7 Å². The first-order chi connectivity index (χ1) is 12.3. The van der Waals surface area contributed by atoms with Crippen LogP contribution in [0.1, 0.15) is 24.4 Å². The maximum Gasteiger partial charge on any atom is 0.325 e. The molecule has 0 amide bonds. The van der Waals surface area contributed by atoms with Gasteiger partial charge in [0.2, 0.25) is 0 Å². The molecule has 1 aromatic heterocycles. The second kappa shape index (κ2) is 7.08. The number of rotatable bonds is 6. The maximum absolute atomic E-state index is 12.0. The molecule has 0 radical (unpaired) electrons. The van der Waals surface area contributed by atoms with Crippen LogP contribution in [-0.2, 0) is 20.9 Å². The summed E-state index contributed by atoms with van der Waals surface area (Å²) in [6, 6.07) is 3.15. The van der Waals surface area contributed by atoms with E-state index in [1.54, 1.807) is 18.2 Å². The van der Waals surface area contributed by atoms with Crippen molar-refractivity contribution in [3.63, 3.8) is 0 Å². The SMILES string of the molecule is O=C(O)Cn1cc(C(C(=O)O)N2CCC[C@@H]2C(=O)O)c2cc(Br)ccc21. The summed E-state index contributed by atoms with van der Waals surface area (Å²) in [5.41, 5.74) is 0.978. The molecule has 1 fully saturated rings. The lowest BCUT2D eigenvalue weighted by molar-refractivity contribution is -0.149. The van der Waals surface area contributed by atoms with Crippen LogP contribution in [-0.4, -0.2) is 55.3 Å². The van der Waals surface area contributed by atoms with Crippen LogP contribution in [0.5, 0.6) is 0 Å². The summed E-state index contributed by atoms with van der Waals surface area (Å²) in [6.45, 7) is 0.0420. The first-order valence-corrected chi connectivity index (χ1v) is 8.80. The largest absolute Gasteiger partial charge is 0.480 e. The van der Waals surface area contributed by atoms with Crippen LogP contribution in [0.4, 0.5) is 0 Å². The monoisotopic (exact) mass is 424 g/mol. The van der Waals surface area contributed by atoms with Crippen molar-refractivity contribution in [1.82, 2.24) is 9.47 Å². The first-order valence-electron chi connectivity index (χ1n) is 8.01. The van der Waals surface area contributed by atoms with Crippen LogP contribution in [0.25, 0.3) is 10.9 Å². The number of hydrogen-bond donors (Lipinski definition) is 3. The molecule has 8 nitrogen and oxygen atoms in total. The van der Waals surface area contributed by atoms with Crippen LogP contribution in [0.15, 0.2) is 28.9 Å². The zero-order valence-electron chi connectivity index (χ0n) is 13.6. The van der Waals surface area contributed by atoms with Gasteiger partial charge < -0.3 is 19.9 Å². The van der Waals surface area contributed by atoms with Crippen LogP contribution >= 0.6 is 15.9 Å². The number of aliphatic carboxylic acids is 3. The molecule has 0 aliphatic carbocycles. The van der Waals surface area contributed by atoms with Gasteiger partial charge in [0.25, 0.3) is 0 Å². The molecule has 0 spiro atoms. The van der Waals surface area contributed by atoms with Gasteiger partial charge in [0.1, 0.15) is 18.6 Å². The van der Waals surface area contributed by atoms with E-state index in [1.165, 1.54) is 15.7 Å². The van der Waals surface area contributed by atoms with E-state index in [0.29, 0.717) is 35.9 Å². The molecular weight excluding hydrogens is 408 g/mol. The fourth-order valence-electron chi connectivity index (χ4n) is 3.61. The molecule has 3 N–H and O–H groups in total. The minimum absolute atomic E-state index is 0.313. The normalized spacial score (nSPS) is 18.9. The molecular formula is C17H17BrN2O6. The Morgan fingerprint density at radius 1 is 1.23 bits per heavy atom. The zero-order chi connectivity index (χ0) is 19.0. The Bertz CT molecular complexity index is 893. The number of halogens is 1. The topological polar surface area (TPSA) is 120 Å². The third-order valence-corrected chi connectivity index (χ3v) is 5.11. The number of fused-ring (bicyclic) bond motifs is 1. The Kier molecular flexibility index (Phi) is 5.01. The second-order valence-corrected chi connectivity index (χ2v) is 7.16. The van der Waals surface area contributed by atoms with Crippen LogP contribution in [0.2, 0.25) is 0 Å². The van der Waals surface area contributed by atoms with Crippen molar-refractivity contribution in [3.05, 3.63) is 34.4 Å². The first kappa shape index (κ1) is 18.4. The van der Waals surface area contributed by atoms with Crippen LogP contribution in [0, 0.1) is 0 Å². The van der Waals surface area contributed by atoms with Crippen molar-refractivity contribution >= 4 is 44.7 Å². The average Bonchev–Trinajstić information content (AvgIpc) is 3.13. The molecule has 1 unspecified atom stereocenters. The highest BCUT2D eigenvalue weighted by atomic mass is 79.9. The van der Waals surface area contributed by atoms with E-state index in [4.69, 9.17) is 5.11 Å². The summed E-state index contributed by atoms with van der Waals surface area (Å²) in [7, 11) is 0. The lowest BCUT2D eigenvalue weighted by Crippen LogP contribution is -2.41. The van der Waals surface area contributed by atoms with E-state index >= 15 is 0 Å². The van der Waals surface area contributed by atoms with Gasteiger partial charge in [-0.25, -0.2) is 0 Å². The Labute approximate surface area is 156 Å². The predicted octanol–water partition coefficient (Wildman–Crippen LogP) is 2.16. The number of nitrogens with zero attached hydrogens (tertiary/aromatic N) is 2. The van der Waals surface area contributed by atoms with Crippen molar-refractivity contribution in [2.45, 2.75) is 31.5 Å². The minimum Gasteiger partial charge on any atom is -0.480 e. The third kappa shape index (κ3) is 3.32. The highest BCUT2D eigenvalue weighted by Crippen LogP contribution is 2.36. The van der Waals surface area contributed by atoms with Crippen molar-refractivity contribution in [3.8, 4) is 0 Å². The molecule has 1 aliphatic heterocycles. The molecule has 26 heavy (non-hydrogen) atoms. The van der Waals surface area contributed by atoms with Gasteiger partial charge in [-0.15, -0.1) is 0 Å². The van der Waals surface area contributed by atoms with Crippen molar-refractivity contribution in [2.24, 2.45) is 0 Å². The van der Waals surface area contributed by atoms with Crippen LogP contribution in [0.3, 0.4) is 0 Å². The fourth-order valence-corrected chi connectivity index (χ4v) is 3.97. The van der Waals surface area contributed by atoms with Crippen molar-refractivity contribution in [1.29, 1.82) is 0 Å². The number of carboxylic acids is 3. The number of likely N-dealkylation sites (tertiary alicyclic amines) is 1. The summed E-state index contributed by atoms with van der Waals surface area (Å²) in [6.07, 6.45) is 2.48. The summed E-state index contributed by atoms with van der Waals surface area (Å²) in [4.78, 5) is 36.2. The standard InChI is InChI=1S/C17H17BrN2O6/c18-9-3-4-12-10(6-9)11(7-19(12)8-14(21)22)15(17(25)26)20-5-1-2-13(20)16(23)24/h3-4,6-7,13,15H,1-2,5,8H2,(H,21,22)(H,23,24)(H,25,26)/t13-,15?/m1/s1. The number of benzene rings is 1. The van der Waals surface area contributed by atoms with E-state index in [-0.39, 0.29) is 6.54 Å². The van der Waals surface area contributed by atoms with Gasteiger partial charge in [-0.2, -0.15) is 0 Å². The molecule has 138 valence electrons. The quantitative estimate of drug-likeness (QED) is 0.649. The van der Waals surface area contributed by atoms with Gasteiger partial charge in [-0.1, -0.05) is 15.9 Å². The average molecular weight is 425 g/mol. The molecule has 1 saturated heterocycles. The highest BCUT2D eigenvalue weighted by Gasteiger charge is 2.40. The van der Waals surface area contributed by atoms with Crippen LogP contribution < -0.4 is 0 Å². The summed E-state index contributed by atoms with van der Waals surface area (Å²) >= 11 is 3.35. The minimum atomic E-state index is -1.16. The van der Waals surface area contributed by atoms with E-state index in [2.05, 4.69) is 15.9 Å². The smallest absolute Gasteiger partial charge is 0.325 e. The molecule has 2 atom stereocenters. The summed E-state index contributed by atoms with van der Waals surface area (Å²) in [5.74, 6) is -3.26. The Morgan fingerprint density at radius 3 is 2.58 bits per heavy atom. The van der Waals surface area contributed by atoms with Gasteiger partial charge >= 0.3 is 17.9 Å². The predicted molar refractivity (Wildman–Crippen MR) is 95.0 cm³/mol. The molecule has 1 aliphatic rings. The van der Waals surface area contributed by atoms with E-state index < -0.39 is 30.0 Å². The molecule has 1 aromatic carbocycles. The molecule has 9 heteroatoms. The number of carboxylic acid groups (broad SMARTS) is 3. The van der Waals surface area contributed by atoms with Gasteiger partial charge in [-0.3, -0.25) is 19.3 Å². The molecule has 2 heterocycles. The Hall–Kier alpha value is -2.39. The van der Waals surface area contributed by atoms with Gasteiger partial charge in [0.15, 0.2) is 0 Å². The number of hydrogen-bond acceptors (Lipinski definition) is 4. The lowest BCUT2D eigenvalue weighted by atomic mass is 10.0. The summed E-state index contributed by atoms with van der Waals surface area (Å²) < 4.78 is 2.20. The Morgan fingerprint density at radius 2 is 1.96 bits per heavy atom.